The summed E-state index contributed by atoms with van der Waals surface area (Å²) in [6, 6.07) is 1.90. The molecule has 0 bridgehead atoms. The van der Waals surface area contributed by atoms with E-state index in [1.54, 1.807) is 4.90 Å². The van der Waals surface area contributed by atoms with Gasteiger partial charge in [-0.15, -0.1) is 10.2 Å². The molecule has 0 saturated heterocycles. The maximum atomic E-state index is 12.9. The second-order valence-electron chi connectivity index (χ2n) is 7.34. The van der Waals surface area contributed by atoms with E-state index < -0.39 is 6.10 Å². The van der Waals surface area contributed by atoms with Crippen LogP contribution in [0.2, 0.25) is 0 Å². The van der Waals surface area contributed by atoms with Crippen LogP contribution in [0, 0.1) is 0 Å². The first kappa shape index (κ1) is 17.2. The highest BCUT2D eigenvalue weighted by atomic mass is 16.3. The summed E-state index contributed by atoms with van der Waals surface area (Å²) in [7, 11) is 3.83. The lowest BCUT2D eigenvalue weighted by Gasteiger charge is -2.27. The molecule has 2 aromatic heterocycles. The molecule has 0 aliphatic carbocycles. The average Bonchev–Trinajstić information content (AvgIpc) is 3.24. The third kappa shape index (κ3) is 3.12. The van der Waals surface area contributed by atoms with Crippen LogP contribution in [-0.4, -0.2) is 72.5 Å². The number of aromatic nitrogens is 5. The van der Waals surface area contributed by atoms with Gasteiger partial charge in [0.15, 0.2) is 0 Å². The SMILES string of the molecule is CN(C)C[C@H](O)c1cc2n(n1)CCN(C(=O)c1nnc3n1CCCC3)C2. The van der Waals surface area contributed by atoms with Crippen molar-refractivity contribution in [1.82, 2.24) is 34.3 Å². The van der Waals surface area contributed by atoms with Crippen LogP contribution in [0.15, 0.2) is 6.07 Å². The molecule has 2 aliphatic heterocycles. The van der Waals surface area contributed by atoms with Gasteiger partial charge >= 0.3 is 0 Å². The van der Waals surface area contributed by atoms with Crippen molar-refractivity contribution in [1.29, 1.82) is 0 Å². The minimum absolute atomic E-state index is 0.0755. The maximum absolute atomic E-state index is 12.9. The van der Waals surface area contributed by atoms with Crippen LogP contribution in [0.5, 0.6) is 0 Å². The Morgan fingerprint density at radius 1 is 1.27 bits per heavy atom. The first-order valence-corrected chi connectivity index (χ1v) is 9.13. The van der Waals surface area contributed by atoms with Gasteiger partial charge in [0.05, 0.1) is 24.5 Å². The van der Waals surface area contributed by atoms with Gasteiger partial charge in [-0.25, -0.2) is 0 Å². The Morgan fingerprint density at radius 2 is 2.12 bits per heavy atom. The molecule has 1 atom stereocenters. The van der Waals surface area contributed by atoms with Gasteiger partial charge in [-0.1, -0.05) is 0 Å². The highest BCUT2D eigenvalue weighted by Crippen LogP contribution is 2.21. The van der Waals surface area contributed by atoms with E-state index in [4.69, 9.17) is 0 Å². The number of aryl methyl sites for hydroxylation is 1. The Hall–Kier alpha value is -2.26. The molecule has 0 fully saturated rings. The number of carbonyl (C=O) groups excluding carboxylic acids is 1. The van der Waals surface area contributed by atoms with E-state index in [0.717, 1.165) is 37.3 Å². The lowest BCUT2D eigenvalue weighted by Crippen LogP contribution is -2.39. The Kier molecular flexibility index (Phi) is 4.49. The summed E-state index contributed by atoms with van der Waals surface area (Å²) in [4.78, 5) is 16.7. The van der Waals surface area contributed by atoms with Crippen LogP contribution >= 0.6 is 0 Å². The minimum Gasteiger partial charge on any atom is -0.385 e. The van der Waals surface area contributed by atoms with Crippen molar-refractivity contribution in [2.75, 3.05) is 27.2 Å². The van der Waals surface area contributed by atoms with Crippen molar-refractivity contribution >= 4 is 5.91 Å². The molecule has 26 heavy (non-hydrogen) atoms. The summed E-state index contributed by atoms with van der Waals surface area (Å²) in [5, 5.41) is 23.1. The molecule has 0 saturated carbocycles. The molecule has 2 aromatic rings. The Morgan fingerprint density at radius 3 is 2.92 bits per heavy atom. The fraction of sp³-hybridized carbons (Fsp3) is 0.647. The van der Waals surface area contributed by atoms with Crippen molar-refractivity contribution in [3.05, 3.63) is 29.1 Å². The van der Waals surface area contributed by atoms with E-state index in [2.05, 4.69) is 15.3 Å². The molecular weight excluding hydrogens is 334 g/mol. The van der Waals surface area contributed by atoms with Crippen LogP contribution < -0.4 is 0 Å². The van der Waals surface area contributed by atoms with Gasteiger partial charge in [-0.3, -0.25) is 9.48 Å². The number of fused-ring (bicyclic) bond motifs is 2. The molecule has 9 heteroatoms. The zero-order valence-electron chi connectivity index (χ0n) is 15.3. The monoisotopic (exact) mass is 359 g/mol. The van der Waals surface area contributed by atoms with Crippen LogP contribution in [0.4, 0.5) is 0 Å². The van der Waals surface area contributed by atoms with Crippen LogP contribution in [0.1, 0.15) is 46.8 Å². The lowest BCUT2D eigenvalue weighted by atomic mass is 10.1. The molecule has 0 unspecified atom stereocenters. The van der Waals surface area contributed by atoms with Gasteiger partial charge in [0.25, 0.3) is 5.91 Å². The van der Waals surface area contributed by atoms with Gasteiger partial charge in [-0.05, 0) is 33.0 Å². The van der Waals surface area contributed by atoms with E-state index in [-0.39, 0.29) is 5.91 Å². The summed E-state index contributed by atoms with van der Waals surface area (Å²) < 4.78 is 3.85. The number of rotatable bonds is 4. The molecule has 9 nitrogen and oxygen atoms in total. The van der Waals surface area contributed by atoms with E-state index >= 15 is 0 Å². The molecule has 4 rings (SSSR count). The molecule has 0 aromatic carbocycles. The van der Waals surface area contributed by atoms with Gasteiger partial charge in [0.1, 0.15) is 11.9 Å². The fourth-order valence-corrected chi connectivity index (χ4v) is 3.67. The number of hydrogen-bond donors (Lipinski definition) is 1. The van der Waals surface area contributed by atoms with Gasteiger partial charge in [-0.2, -0.15) is 5.10 Å². The standard InChI is InChI=1S/C17H25N7O2/c1-21(2)11-14(25)13-9-12-10-22(7-8-24(12)20-13)17(26)16-19-18-15-5-3-4-6-23(15)16/h9,14,25H,3-8,10-11H2,1-2H3/t14-/m0/s1. The third-order valence-corrected chi connectivity index (χ3v) is 5.03. The maximum Gasteiger partial charge on any atom is 0.292 e. The van der Waals surface area contributed by atoms with E-state index in [9.17, 15) is 9.90 Å². The number of likely N-dealkylation sites (N-methyl/N-ethyl adjacent to an activating group) is 1. The number of amides is 1. The Bertz CT molecular complexity index is 810. The van der Waals surface area contributed by atoms with Crippen molar-refractivity contribution in [3.8, 4) is 0 Å². The normalized spacial score (nSPS) is 17.9. The number of aliphatic hydroxyl groups is 1. The first-order chi connectivity index (χ1) is 12.5. The van der Waals surface area contributed by atoms with E-state index in [1.165, 1.54) is 0 Å². The van der Waals surface area contributed by atoms with Crippen LogP contribution in [0.25, 0.3) is 0 Å². The quantitative estimate of drug-likeness (QED) is 0.830. The molecule has 2 aliphatic rings. The van der Waals surface area contributed by atoms with Crippen molar-refractivity contribution in [3.63, 3.8) is 0 Å². The largest absolute Gasteiger partial charge is 0.385 e. The topological polar surface area (TPSA) is 92.3 Å². The van der Waals surface area contributed by atoms with E-state index in [1.807, 2.05) is 34.3 Å². The molecule has 140 valence electrons. The van der Waals surface area contributed by atoms with Crippen molar-refractivity contribution in [2.24, 2.45) is 0 Å². The summed E-state index contributed by atoms with van der Waals surface area (Å²) in [6.07, 6.45) is 2.43. The smallest absolute Gasteiger partial charge is 0.292 e. The average molecular weight is 359 g/mol. The summed E-state index contributed by atoms with van der Waals surface area (Å²) >= 11 is 0. The predicted molar refractivity (Wildman–Crippen MR) is 93.4 cm³/mol. The first-order valence-electron chi connectivity index (χ1n) is 9.13. The van der Waals surface area contributed by atoms with Gasteiger partial charge in [0.2, 0.25) is 5.82 Å². The van der Waals surface area contributed by atoms with Gasteiger partial charge < -0.3 is 19.5 Å². The lowest BCUT2D eigenvalue weighted by molar-refractivity contribution is 0.0686. The third-order valence-electron chi connectivity index (χ3n) is 5.03. The summed E-state index contributed by atoms with van der Waals surface area (Å²) in [5.41, 5.74) is 1.60. The number of aliphatic hydroxyl groups excluding tert-OH is 1. The number of hydrogen-bond acceptors (Lipinski definition) is 6. The molecular formula is C17H25N7O2. The van der Waals surface area contributed by atoms with Gasteiger partial charge in [0, 0.05) is 26.1 Å². The molecule has 4 heterocycles. The molecule has 1 amide bonds. The zero-order chi connectivity index (χ0) is 18.3. The Balaban J connectivity index is 1.50. The zero-order valence-corrected chi connectivity index (χ0v) is 15.3. The van der Waals surface area contributed by atoms with Crippen LogP contribution in [0.3, 0.4) is 0 Å². The molecule has 0 radical (unpaired) electrons. The fourth-order valence-electron chi connectivity index (χ4n) is 3.67. The summed E-state index contributed by atoms with van der Waals surface area (Å²) in [5.74, 6) is 1.28. The molecule has 1 N–H and O–H groups in total. The van der Waals surface area contributed by atoms with Crippen molar-refractivity contribution < 1.29 is 9.90 Å². The highest BCUT2D eigenvalue weighted by Gasteiger charge is 2.29. The van der Waals surface area contributed by atoms with Crippen LogP contribution in [-0.2, 0) is 26.1 Å². The molecule has 0 spiro atoms. The second-order valence-corrected chi connectivity index (χ2v) is 7.34. The van der Waals surface area contributed by atoms with Crippen molar-refractivity contribution in [2.45, 2.75) is 45.0 Å². The number of carbonyl (C=O) groups is 1. The minimum atomic E-state index is -0.629. The number of nitrogens with zero attached hydrogens (tertiary/aromatic N) is 7. The second kappa shape index (κ2) is 6.81. The summed E-state index contributed by atoms with van der Waals surface area (Å²) in [6.45, 7) is 3.01. The van der Waals surface area contributed by atoms with E-state index in [0.29, 0.717) is 37.7 Å². The highest BCUT2D eigenvalue weighted by molar-refractivity contribution is 5.90. The Labute approximate surface area is 152 Å². The predicted octanol–water partition coefficient (Wildman–Crippen LogP) is 0.0619.